The predicted molar refractivity (Wildman–Crippen MR) is 276 cm³/mol. The summed E-state index contributed by atoms with van der Waals surface area (Å²) in [5, 5.41) is 14.0. The van der Waals surface area contributed by atoms with Gasteiger partial charge in [0.05, 0.1) is 22.1 Å². The van der Waals surface area contributed by atoms with Crippen molar-refractivity contribution in [2.45, 2.75) is 0 Å². The van der Waals surface area contributed by atoms with Gasteiger partial charge in [-0.05, 0) is 117 Å². The molecule has 3 aromatic heterocycles. The van der Waals surface area contributed by atoms with Crippen LogP contribution in [0.2, 0.25) is 0 Å². The number of hydrogen-bond acceptors (Lipinski definition) is 3. The molecule has 0 N–H and O–H groups in total. The summed E-state index contributed by atoms with van der Waals surface area (Å²) in [6, 6.07) is 86.2. The third kappa shape index (κ3) is 6.55. The molecule has 13 aromatic rings. The summed E-state index contributed by atoms with van der Waals surface area (Å²) in [6.07, 6.45) is 0. The highest BCUT2D eigenvalue weighted by atomic mass is 16.4. The fourth-order valence-electron chi connectivity index (χ4n) is 10.1. The number of fused-ring (bicyclic) bond motifs is 6. The van der Waals surface area contributed by atoms with Gasteiger partial charge in [-0.2, -0.15) is 0 Å². The first-order valence-electron chi connectivity index (χ1n) is 22.6. The molecule has 13 rings (SSSR count). The highest BCUT2D eigenvalue weighted by Gasteiger charge is 2.23. The molecule has 0 atom stereocenters. The van der Waals surface area contributed by atoms with Crippen LogP contribution in [0.1, 0.15) is 0 Å². The normalized spacial score (nSPS) is 11.6. The van der Waals surface area contributed by atoms with Gasteiger partial charge in [-0.15, -0.1) is 10.2 Å². The summed E-state index contributed by atoms with van der Waals surface area (Å²) in [5.74, 6) is 0.936. The monoisotopic (exact) mass is 856 g/mol. The SMILES string of the molecule is c1ccc(-c2cc(-c3ccccc3)cc(-n3c4ccccc4c4c(-c5nnc(-c6cccc7c6c6ccccc6n7-c6cc(-c7ccccc7)cc(-c7ccccc7)c6)o5)cccc43)c2)cc1. The van der Waals surface area contributed by atoms with Crippen LogP contribution in [0.4, 0.5) is 0 Å². The Balaban J connectivity index is 0.977. The van der Waals surface area contributed by atoms with Crippen LogP contribution < -0.4 is 0 Å². The van der Waals surface area contributed by atoms with E-state index in [1.807, 2.05) is 0 Å². The first kappa shape index (κ1) is 38.4. The number of rotatable bonds is 8. The first-order valence-corrected chi connectivity index (χ1v) is 22.6. The van der Waals surface area contributed by atoms with E-state index in [0.29, 0.717) is 11.8 Å². The van der Waals surface area contributed by atoms with Gasteiger partial charge in [0.25, 0.3) is 0 Å². The Morgan fingerprint density at radius 3 is 0.940 bits per heavy atom. The maximum absolute atomic E-state index is 6.87. The molecule has 0 aliphatic heterocycles. The maximum atomic E-state index is 6.87. The van der Waals surface area contributed by atoms with Crippen LogP contribution in [0.3, 0.4) is 0 Å². The lowest BCUT2D eigenvalue weighted by molar-refractivity contribution is 0.586. The second-order valence-corrected chi connectivity index (χ2v) is 17.0. The fraction of sp³-hybridized carbons (Fsp3) is 0. The minimum Gasteiger partial charge on any atom is -0.416 e. The van der Waals surface area contributed by atoms with Gasteiger partial charge in [0.2, 0.25) is 11.8 Å². The van der Waals surface area contributed by atoms with E-state index in [2.05, 4.69) is 252 Å². The summed E-state index contributed by atoms with van der Waals surface area (Å²) in [6.45, 7) is 0. The van der Waals surface area contributed by atoms with Crippen LogP contribution in [0.25, 0.3) is 122 Å². The van der Waals surface area contributed by atoms with E-state index in [1.165, 1.54) is 0 Å². The zero-order chi connectivity index (χ0) is 44.3. The van der Waals surface area contributed by atoms with Crippen molar-refractivity contribution in [3.63, 3.8) is 0 Å². The van der Waals surface area contributed by atoms with Crippen LogP contribution >= 0.6 is 0 Å². The van der Waals surface area contributed by atoms with Crippen molar-refractivity contribution in [1.29, 1.82) is 0 Å². The lowest BCUT2D eigenvalue weighted by Crippen LogP contribution is -1.96. The summed E-state index contributed by atoms with van der Waals surface area (Å²) in [5.41, 5.74) is 17.5. The number of hydrogen-bond donors (Lipinski definition) is 0. The van der Waals surface area contributed by atoms with E-state index in [1.54, 1.807) is 0 Å². The molecule has 0 aliphatic rings. The van der Waals surface area contributed by atoms with Gasteiger partial charge in [-0.25, -0.2) is 0 Å². The molecule has 0 unspecified atom stereocenters. The van der Waals surface area contributed by atoms with Crippen molar-refractivity contribution in [1.82, 2.24) is 19.3 Å². The van der Waals surface area contributed by atoms with Gasteiger partial charge in [-0.3, -0.25) is 0 Å². The van der Waals surface area contributed by atoms with Gasteiger partial charge < -0.3 is 13.6 Å². The molecule has 0 saturated heterocycles. The lowest BCUT2D eigenvalue weighted by Gasteiger charge is -2.14. The number of nitrogens with zero attached hydrogens (tertiary/aromatic N) is 4. The molecule has 0 spiro atoms. The molecular formula is C62H40N4O. The Morgan fingerprint density at radius 1 is 0.269 bits per heavy atom. The van der Waals surface area contributed by atoms with Crippen LogP contribution in [0.15, 0.2) is 247 Å². The highest BCUT2D eigenvalue weighted by Crippen LogP contribution is 2.43. The molecule has 5 nitrogen and oxygen atoms in total. The Kier molecular flexibility index (Phi) is 9.10. The number of para-hydroxylation sites is 2. The van der Waals surface area contributed by atoms with Crippen molar-refractivity contribution in [2.75, 3.05) is 0 Å². The quantitative estimate of drug-likeness (QED) is 0.153. The average molecular weight is 857 g/mol. The van der Waals surface area contributed by atoms with E-state index < -0.39 is 0 Å². The van der Waals surface area contributed by atoms with Gasteiger partial charge in [0, 0.05) is 44.0 Å². The maximum Gasteiger partial charge on any atom is 0.248 e. The van der Waals surface area contributed by atoms with Crippen LogP contribution in [-0.2, 0) is 0 Å². The molecule has 67 heavy (non-hydrogen) atoms. The van der Waals surface area contributed by atoms with Crippen molar-refractivity contribution in [2.24, 2.45) is 0 Å². The van der Waals surface area contributed by atoms with Crippen molar-refractivity contribution < 1.29 is 4.42 Å². The van der Waals surface area contributed by atoms with Crippen molar-refractivity contribution in [3.8, 4) is 78.8 Å². The van der Waals surface area contributed by atoms with Crippen LogP contribution in [0, 0.1) is 0 Å². The van der Waals surface area contributed by atoms with E-state index in [-0.39, 0.29) is 0 Å². The van der Waals surface area contributed by atoms with E-state index >= 15 is 0 Å². The van der Waals surface area contributed by atoms with E-state index in [4.69, 9.17) is 14.6 Å². The second-order valence-electron chi connectivity index (χ2n) is 17.0. The largest absolute Gasteiger partial charge is 0.416 e. The Labute approximate surface area is 387 Å². The van der Waals surface area contributed by atoms with Gasteiger partial charge in [-0.1, -0.05) is 170 Å². The zero-order valence-corrected chi connectivity index (χ0v) is 36.3. The smallest absolute Gasteiger partial charge is 0.248 e. The van der Waals surface area contributed by atoms with Crippen molar-refractivity contribution in [3.05, 3.63) is 243 Å². The predicted octanol–water partition coefficient (Wildman–Crippen LogP) is 16.3. The summed E-state index contributed by atoms with van der Waals surface area (Å²) >= 11 is 0. The third-order valence-electron chi connectivity index (χ3n) is 13.1. The number of aromatic nitrogens is 4. The molecule has 0 radical (unpaired) electrons. The first-order chi connectivity index (χ1) is 33.2. The molecule has 0 saturated carbocycles. The summed E-state index contributed by atoms with van der Waals surface area (Å²) < 4.78 is 11.6. The molecule has 0 aliphatic carbocycles. The minimum atomic E-state index is 0.468. The van der Waals surface area contributed by atoms with E-state index in [0.717, 1.165) is 111 Å². The Morgan fingerprint density at radius 2 is 0.582 bits per heavy atom. The van der Waals surface area contributed by atoms with Gasteiger partial charge in [0.15, 0.2) is 0 Å². The molecule has 10 aromatic carbocycles. The van der Waals surface area contributed by atoms with Gasteiger partial charge >= 0.3 is 0 Å². The molecule has 0 fully saturated rings. The Hall–Kier alpha value is -9.06. The standard InChI is InChI=1S/C62H40N4O/c1-5-19-41(20-6-1)45-35-46(42-21-7-2-8-22-42)38-49(37-45)65-55-31-15-13-27-51(55)59-53(29-17-33-57(59)65)61-63-64-62(67-61)54-30-18-34-58-60(54)52-28-14-16-32-56(52)66(58)50-39-47(43-23-9-3-10-24-43)36-48(40-50)44-25-11-4-12-26-44/h1-40H. The molecular weight excluding hydrogens is 817 g/mol. The summed E-state index contributed by atoms with van der Waals surface area (Å²) in [7, 11) is 0. The van der Waals surface area contributed by atoms with E-state index in [9.17, 15) is 0 Å². The summed E-state index contributed by atoms with van der Waals surface area (Å²) in [4.78, 5) is 0. The molecule has 5 heteroatoms. The van der Waals surface area contributed by atoms with Gasteiger partial charge in [0.1, 0.15) is 0 Å². The van der Waals surface area contributed by atoms with Crippen LogP contribution in [-0.4, -0.2) is 19.3 Å². The topological polar surface area (TPSA) is 48.8 Å². The molecule has 0 bridgehead atoms. The van der Waals surface area contributed by atoms with Crippen LogP contribution in [0.5, 0.6) is 0 Å². The number of benzene rings is 10. The fourth-order valence-corrected chi connectivity index (χ4v) is 10.1. The Bertz CT molecular complexity index is 3590. The average Bonchev–Trinajstić information content (AvgIpc) is 4.13. The molecule has 3 heterocycles. The minimum absolute atomic E-state index is 0.468. The zero-order valence-electron chi connectivity index (χ0n) is 36.3. The molecule has 0 amide bonds. The van der Waals surface area contributed by atoms with Crippen molar-refractivity contribution >= 4 is 43.6 Å². The lowest BCUT2D eigenvalue weighted by atomic mass is 9.98. The second kappa shape index (κ2) is 15.9. The molecule has 314 valence electrons. The highest BCUT2D eigenvalue weighted by molar-refractivity contribution is 6.16. The third-order valence-corrected chi connectivity index (χ3v) is 13.1.